The van der Waals surface area contributed by atoms with Crippen molar-refractivity contribution in [1.29, 1.82) is 0 Å². The van der Waals surface area contributed by atoms with Gasteiger partial charge in [-0.1, -0.05) is 30.3 Å². The molecule has 2 aliphatic rings. The van der Waals surface area contributed by atoms with Crippen LogP contribution < -0.4 is 5.32 Å². The molecule has 0 radical (unpaired) electrons. The van der Waals surface area contributed by atoms with Gasteiger partial charge in [-0.15, -0.1) is 0 Å². The van der Waals surface area contributed by atoms with E-state index in [2.05, 4.69) is 5.32 Å². The predicted octanol–water partition coefficient (Wildman–Crippen LogP) is 5.60. The maximum Gasteiger partial charge on any atom is 0.416 e. The van der Waals surface area contributed by atoms with E-state index in [0.29, 0.717) is 25.0 Å². The van der Waals surface area contributed by atoms with E-state index >= 15 is 0 Å². The van der Waals surface area contributed by atoms with Crippen LogP contribution in [0.15, 0.2) is 48.5 Å². The minimum atomic E-state index is -4.97. The van der Waals surface area contributed by atoms with Gasteiger partial charge in [0.2, 0.25) is 0 Å². The van der Waals surface area contributed by atoms with Gasteiger partial charge in [-0.3, -0.25) is 9.69 Å². The molecular formula is C27H28F6N2O4. The smallest absolute Gasteiger partial charge is 0.395 e. The molecule has 12 heteroatoms. The lowest BCUT2D eigenvalue weighted by Crippen LogP contribution is -2.53. The van der Waals surface area contributed by atoms with E-state index in [9.17, 15) is 41.0 Å². The molecule has 39 heavy (non-hydrogen) atoms. The molecule has 1 aliphatic heterocycles. The summed E-state index contributed by atoms with van der Waals surface area (Å²) >= 11 is 0. The summed E-state index contributed by atoms with van der Waals surface area (Å²) in [7, 11) is 0. The number of hydrogen-bond acceptors (Lipinski definition) is 4. The summed E-state index contributed by atoms with van der Waals surface area (Å²) in [6, 6.07) is 9.93. The third-order valence-corrected chi connectivity index (χ3v) is 7.71. The fourth-order valence-corrected chi connectivity index (χ4v) is 5.38. The van der Waals surface area contributed by atoms with Crippen LogP contribution in [-0.4, -0.2) is 47.2 Å². The Morgan fingerprint density at radius 2 is 1.51 bits per heavy atom. The molecule has 2 N–H and O–H groups in total. The Labute approximate surface area is 220 Å². The molecule has 2 fully saturated rings. The summed E-state index contributed by atoms with van der Waals surface area (Å²) in [6.07, 6.45) is -9.83. The average Bonchev–Trinajstić information content (AvgIpc) is 3.12. The first-order chi connectivity index (χ1) is 18.2. The maximum absolute atomic E-state index is 13.4. The zero-order chi connectivity index (χ0) is 28.6. The summed E-state index contributed by atoms with van der Waals surface area (Å²) in [5, 5.41) is 12.0. The lowest BCUT2D eigenvalue weighted by molar-refractivity contribution is -0.143. The van der Waals surface area contributed by atoms with Crippen LogP contribution in [0.5, 0.6) is 0 Å². The van der Waals surface area contributed by atoms with Crippen molar-refractivity contribution >= 4 is 11.9 Å². The highest BCUT2D eigenvalue weighted by Crippen LogP contribution is 2.46. The van der Waals surface area contributed by atoms with Gasteiger partial charge in [0.25, 0.3) is 5.91 Å². The number of amides is 3. The molecule has 1 heterocycles. The number of aliphatic hydroxyl groups excluding tert-OH is 1. The highest BCUT2D eigenvalue weighted by atomic mass is 19.4. The molecule has 2 aromatic rings. The Balaban J connectivity index is 1.58. The van der Waals surface area contributed by atoms with Gasteiger partial charge in [0.1, 0.15) is 5.54 Å². The van der Waals surface area contributed by atoms with Gasteiger partial charge in [-0.25, -0.2) is 4.79 Å². The first-order valence-electron chi connectivity index (χ1n) is 12.4. The summed E-state index contributed by atoms with van der Waals surface area (Å²) in [6.45, 7) is 0.856. The summed E-state index contributed by atoms with van der Waals surface area (Å²) in [4.78, 5) is 26.3. The van der Waals surface area contributed by atoms with E-state index in [-0.39, 0.29) is 44.2 Å². The van der Waals surface area contributed by atoms with Gasteiger partial charge in [-0.2, -0.15) is 26.3 Å². The Morgan fingerprint density at radius 1 is 0.949 bits per heavy atom. The van der Waals surface area contributed by atoms with Crippen LogP contribution in [0.4, 0.5) is 31.1 Å². The Bertz CT molecular complexity index is 1170. The van der Waals surface area contributed by atoms with Crippen molar-refractivity contribution in [3.8, 4) is 0 Å². The van der Waals surface area contributed by atoms with E-state index in [4.69, 9.17) is 4.74 Å². The lowest BCUT2D eigenvalue weighted by atomic mass is 9.64. The predicted molar refractivity (Wildman–Crippen MR) is 127 cm³/mol. The number of nitrogens with one attached hydrogen (secondary N) is 1. The van der Waals surface area contributed by atoms with Gasteiger partial charge in [0, 0.05) is 5.41 Å². The Kier molecular flexibility index (Phi) is 7.74. The van der Waals surface area contributed by atoms with Crippen molar-refractivity contribution < 1.29 is 45.8 Å². The largest absolute Gasteiger partial charge is 0.416 e. The zero-order valence-electron chi connectivity index (χ0n) is 21.0. The highest BCUT2D eigenvalue weighted by Gasteiger charge is 2.55. The third kappa shape index (κ3) is 5.76. The van der Waals surface area contributed by atoms with Gasteiger partial charge >= 0.3 is 18.4 Å². The Hall–Kier alpha value is -3.12. The van der Waals surface area contributed by atoms with Gasteiger partial charge in [0.05, 0.1) is 37.0 Å². The lowest BCUT2D eigenvalue weighted by Gasteiger charge is -2.44. The van der Waals surface area contributed by atoms with Crippen LogP contribution in [0.1, 0.15) is 61.0 Å². The van der Waals surface area contributed by atoms with Crippen molar-refractivity contribution in [2.24, 2.45) is 0 Å². The number of rotatable bonds is 7. The fraction of sp³-hybridized carbons (Fsp3) is 0.481. The first-order valence-corrected chi connectivity index (χ1v) is 12.4. The second kappa shape index (κ2) is 10.5. The number of carbonyl (C=O) groups excluding carboxylic acids is 2. The quantitative estimate of drug-likeness (QED) is 0.343. The molecule has 0 bridgehead atoms. The third-order valence-electron chi connectivity index (χ3n) is 7.71. The van der Waals surface area contributed by atoms with Crippen LogP contribution in [0.25, 0.3) is 0 Å². The molecule has 212 valence electrons. The molecule has 0 aromatic heterocycles. The van der Waals surface area contributed by atoms with Crippen molar-refractivity contribution in [3.63, 3.8) is 0 Å². The molecule has 2 aromatic carbocycles. The molecule has 6 nitrogen and oxygen atoms in total. The van der Waals surface area contributed by atoms with E-state index in [1.165, 1.54) is 6.92 Å². The number of nitrogens with zero attached hydrogens (tertiary/aromatic N) is 1. The number of imide groups is 1. The fourth-order valence-electron chi connectivity index (χ4n) is 5.38. The normalized spacial score (nSPS) is 24.8. The van der Waals surface area contributed by atoms with Gasteiger partial charge < -0.3 is 15.2 Å². The number of ether oxygens (including phenoxy) is 1. The number of hydrogen-bond donors (Lipinski definition) is 2. The number of benzene rings is 2. The standard InChI is InChI=1S/C27H28F6N2O4/c1-17(18-13-20(26(28,29)30)15-21(14-18)27(31,32)33)39-16-24(19-5-3-2-4-6-19)7-9-25(10-8-24)22(37)35(11-12-36)23(38)34-25/h2-6,13-15,17,36H,7-12,16H2,1H3,(H,34,38)/t17-,24?,25?/m1/s1. The average molecular weight is 559 g/mol. The summed E-state index contributed by atoms with van der Waals surface area (Å²) < 4.78 is 86.1. The van der Waals surface area contributed by atoms with Gasteiger partial charge in [-0.05, 0) is 61.9 Å². The van der Waals surface area contributed by atoms with E-state index < -0.39 is 52.5 Å². The SMILES string of the molecule is C[C@@H](OCC1(c2ccccc2)CCC2(CC1)NC(=O)N(CCO)C2=O)c1cc(C(F)(F)F)cc(C(F)(F)F)c1. The summed E-state index contributed by atoms with van der Waals surface area (Å²) in [5.74, 6) is -0.429. The van der Waals surface area contributed by atoms with Crippen LogP contribution in [-0.2, 0) is 27.3 Å². The molecule has 1 saturated carbocycles. The van der Waals surface area contributed by atoms with E-state index in [1.807, 2.05) is 12.1 Å². The zero-order valence-corrected chi connectivity index (χ0v) is 21.0. The van der Waals surface area contributed by atoms with Crippen molar-refractivity contribution in [2.75, 3.05) is 19.8 Å². The molecular weight excluding hydrogens is 530 g/mol. The minimum Gasteiger partial charge on any atom is -0.395 e. The van der Waals surface area contributed by atoms with Crippen molar-refractivity contribution in [2.45, 2.75) is 62.0 Å². The number of β-amino-alcohol motifs (C(OH)–C–C–N with tert-alkyl or cyclic N) is 1. The molecule has 1 saturated heterocycles. The summed E-state index contributed by atoms with van der Waals surface area (Å²) in [5.41, 5.74) is -4.09. The Morgan fingerprint density at radius 3 is 2.03 bits per heavy atom. The number of aliphatic hydroxyl groups is 1. The molecule has 1 aliphatic carbocycles. The second-order valence-corrected chi connectivity index (χ2v) is 10.1. The maximum atomic E-state index is 13.4. The number of halogens is 6. The molecule has 0 unspecified atom stereocenters. The van der Waals surface area contributed by atoms with Crippen LogP contribution in [0.2, 0.25) is 0 Å². The highest BCUT2D eigenvalue weighted by molar-refractivity contribution is 6.07. The van der Waals surface area contributed by atoms with Crippen molar-refractivity contribution in [1.82, 2.24) is 10.2 Å². The van der Waals surface area contributed by atoms with E-state index in [0.717, 1.165) is 10.5 Å². The molecule has 4 rings (SSSR count). The van der Waals surface area contributed by atoms with E-state index in [1.54, 1.807) is 18.2 Å². The number of carbonyl (C=O) groups is 2. The number of urea groups is 1. The van der Waals surface area contributed by atoms with Crippen LogP contribution in [0, 0.1) is 0 Å². The topological polar surface area (TPSA) is 78.9 Å². The van der Waals surface area contributed by atoms with Gasteiger partial charge in [0.15, 0.2) is 0 Å². The molecule has 3 amide bonds. The molecule has 1 spiro atoms. The first kappa shape index (κ1) is 28.9. The van der Waals surface area contributed by atoms with Crippen molar-refractivity contribution in [3.05, 3.63) is 70.8 Å². The monoisotopic (exact) mass is 558 g/mol. The second-order valence-electron chi connectivity index (χ2n) is 10.1. The van der Waals surface area contributed by atoms with Crippen LogP contribution in [0.3, 0.4) is 0 Å². The minimum absolute atomic E-state index is 0.0334. The number of alkyl halides is 6. The van der Waals surface area contributed by atoms with Crippen LogP contribution >= 0.6 is 0 Å². The molecule has 1 atom stereocenters.